The largest absolute Gasteiger partial charge is 0.382 e. The van der Waals surface area contributed by atoms with Crippen molar-refractivity contribution in [2.24, 2.45) is 5.92 Å². The highest BCUT2D eigenvalue weighted by Gasteiger charge is 2.27. The summed E-state index contributed by atoms with van der Waals surface area (Å²) in [5, 5.41) is 7.06. The fourth-order valence-corrected chi connectivity index (χ4v) is 2.74. The van der Waals surface area contributed by atoms with E-state index >= 15 is 0 Å². The molecular weight excluding hydrogens is 272 g/mol. The van der Waals surface area contributed by atoms with Crippen LogP contribution in [-0.4, -0.2) is 22.9 Å². The predicted molar refractivity (Wildman–Crippen MR) is 84.2 cm³/mol. The van der Waals surface area contributed by atoms with Crippen molar-refractivity contribution in [2.75, 3.05) is 17.6 Å². The first-order chi connectivity index (χ1) is 9.58. The van der Waals surface area contributed by atoms with Gasteiger partial charge in [-0.3, -0.25) is 4.79 Å². The Morgan fingerprint density at radius 2 is 2.20 bits per heavy atom. The first-order valence-corrected chi connectivity index (χ1v) is 8.15. The summed E-state index contributed by atoms with van der Waals surface area (Å²) < 4.78 is 4.09. The summed E-state index contributed by atoms with van der Waals surface area (Å²) >= 11 is 1.27. The quantitative estimate of drug-likeness (QED) is 0.644. The van der Waals surface area contributed by atoms with Gasteiger partial charge >= 0.3 is 0 Å². The van der Waals surface area contributed by atoms with Crippen LogP contribution in [0.1, 0.15) is 56.3 Å². The van der Waals surface area contributed by atoms with Crippen LogP contribution < -0.4 is 16.4 Å². The molecule has 1 saturated carbocycles. The SMILES string of the molecule is CC(C)CCCCNc1snc(N)c1C(=O)NC1CC1. The van der Waals surface area contributed by atoms with Gasteiger partial charge in [-0.2, -0.15) is 4.37 Å². The Kier molecular flexibility index (Phi) is 5.23. The number of hydrogen-bond acceptors (Lipinski definition) is 5. The number of rotatable bonds is 8. The first-order valence-electron chi connectivity index (χ1n) is 7.37. The Bertz CT molecular complexity index is 454. The number of nitrogens with two attached hydrogens (primary N) is 1. The van der Waals surface area contributed by atoms with E-state index in [-0.39, 0.29) is 5.91 Å². The number of anilines is 2. The van der Waals surface area contributed by atoms with Crippen LogP contribution >= 0.6 is 11.5 Å². The molecule has 1 amide bonds. The average molecular weight is 296 g/mol. The van der Waals surface area contributed by atoms with E-state index in [0.717, 1.165) is 36.7 Å². The van der Waals surface area contributed by atoms with E-state index in [2.05, 4.69) is 28.9 Å². The van der Waals surface area contributed by atoms with Crippen molar-refractivity contribution >= 4 is 28.3 Å². The van der Waals surface area contributed by atoms with Gasteiger partial charge in [-0.1, -0.05) is 26.7 Å². The van der Waals surface area contributed by atoms with Gasteiger partial charge in [-0.25, -0.2) is 0 Å². The molecule has 5 nitrogen and oxygen atoms in total. The molecule has 1 aliphatic carbocycles. The molecule has 0 saturated heterocycles. The fourth-order valence-electron chi connectivity index (χ4n) is 2.01. The van der Waals surface area contributed by atoms with Crippen molar-refractivity contribution in [2.45, 2.75) is 52.0 Å². The molecule has 0 aromatic carbocycles. The van der Waals surface area contributed by atoms with Gasteiger partial charge in [0.2, 0.25) is 0 Å². The molecule has 0 radical (unpaired) electrons. The van der Waals surface area contributed by atoms with Gasteiger partial charge in [0.1, 0.15) is 10.6 Å². The van der Waals surface area contributed by atoms with E-state index in [1.165, 1.54) is 24.4 Å². The molecule has 112 valence electrons. The molecule has 1 fully saturated rings. The lowest BCUT2D eigenvalue weighted by molar-refractivity contribution is 0.0953. The summed E-state index contributed by atoms with van der Waals surface area (Å²) in [6.45, 7) is 5.33. The number of unbranched alkanes of at least 4 members (excludes halogenated alkanes) is 1. The van der Waals surface area contributed by atoms with Crippen LogP contribution in [0, 0.1) is 5.92 Å². The highest BCUT2D eigenvalue weighted by Crippen LogP contribution is 2.28. The van der Waals surface area contributed by atoms with Crippen molar-refractivity contribution in [3.05, 3.63) is 5.56 Å². The normalized spacial score (nSPS) is 14.6. The Hall–Kier alpha value is -1.30. The standard InChI is InChI=1S/C14H24N4OS/c1-9(2)5-3-4-8-16-14-11(12(15)18-20-14)13(19)17-10-6-7-10/h9-10,16H,3-8H2,1-2H3,(H2,15,18)(H,17,19). The second-order valence-electron chi connectivity index (χ2n) is 5.84. The molecule has 1 aromatic heterocycles. The summed E-state index contributed by atoms with van der Waals surface area (Å²) in [4.78, 5) is 12.1. The molecule has 0 unspecified atom stereocenters. The molecule has 20 heavy (non-hydrogen) atoms. The van der Waals surface area contributed by atoms with Gasteiger partial charge in [-0.15, -0.1) is 0 Å². The molecule has 1 aromatic rings. The predicted octanol–water partition coefficient (Wildman–Crippen LogP) is 2.86. The zero-order chi connectivity index (χ0) is 14.5. The van der Waals surface area contributed by atoms with Crippen LogP contribution in [-0.2, 0) is 0 Å². The maximum Gasteiger partial charge on any atom is 0.258 e. The zero-order valence-electron chi connectivity index (χ0n) is 12.2. The topological polar surface area (TPSA) is 80.0 Å². The number of carbonyl (C=O) groups excluding carboxylic acids is 1. The van der Waals surface area contributed by atoms with Crippen LogP contribution in [0.2, 0.25) is 0 Å². The molecule has 6 heteroatoms. The molecule has 4 N–H and O–H groups in total. The van der Waals surface area contributed by atoms with Gasteiger partial charge in [0, 0.05) is 12.6 Å². The number of aromatic nitrogens is 1. The third-order valence-corrected chi connectivity index (χ3v) is 4.17. The minimum absolute atomic E-state index is 0.0940. The average Bonchev–Trinajstić information content (AvgIpc) is 3.11. The Balaban J connectivity index is 1.83. The minimum Gasteiger partial charge on any atom is -0.382 e. The van der Waals surface area contributed by atoms with Crippen molar-refractivity contribution in [1.29, 1.82) is 0 Å². The zero-order valence-corrected chi connectivity index (χ0v) is 13.1. The van der Waals surface area contributed by atoms with Gasteiger partial charge in [0.05, 0.1) is 0 Å². The van der Waals surface area contributed by atoms with Gasteiger partial charge in [0.25, 0.3) is 5.91 Å². The fraction of sp³-hybridized carbons (Fsp3) is 0.714. The van der Waals surface area contributed by atoms with Crippen molar-refractivity contribution in [3.8, 4) is 0 Å². The molecule has 0 aliphatic heterocycles. The third kappa shape index (κ3) is 4.37. The van der Waals surface area contributed by atoms with E-state index < -0.39 is 0 Å². The summed E-state index contributed by atoms with van der Waals surface area (Å²) in [6.07, 6.45) is 5.67. The molecule has 1 aliphatic rings. The molecule has 0 spiro atoms. The van der Waals surface area contributed by atoms with Gasteiger partial charge in [0.15, 0.2) is 5.82 Å². The van der Waals surface area contributed by atoms with Crippen LogP contribution in [0.4, 0.5) is 10.8 Å². The lowest BCUT2D eigenvalue weighted by Crippen LogP contribution is -2.26. The maximum absolute atomic E-state index is 12.1. The van der Waals surface area contributed by atoms with Gasteiger partial charge < -0.3 is 16.4 Å². The number of amides is 1. The lowest BCUT2D eigenvalue weighted by Gasteiger charge is -2.08. The summed E-state index contributed by atoms with van der Waals surface area (Å²) in [5.74, 6) is 0.982. The monoisotopic (exact) mass is 296 g/mol. The Morgan fingerprint density at radius 1 is 1.45 bits per heavy atom. The van der Waals surface area contributed by atoms with E-state index in [9.17, 15) is 4.79 Å². The Morgan fingerprint density at radius 3 is 2.85 bits per heavy atom. The summed E-state index contributed by atoms with van der Waals surface area (Å²) in [7, 11) is 0. The maximum atomic E-state index is 12.1. The van der Waals surface area contributed by atoms with E-state index in [4.69, 9.17) is 5.73 Å². The van der Waals surface area contributed by atoms with E-state index in [1.807, 2.05) is 0 Å². The number of nitrogens with one attached hydrogen (secondary N) is 2. The van der Waals surface area contributed by atoms with Crippen molar-refractivity contribution in [3.63, 3.8) is 0 Å². The number of hydrogen-bond donors (Lipinski definition) is 3. The van der Waals surface area contributed by atoms with Crippen molar-refractivity contribution in [1.82, 2.24) is 9.69 Å². The molecule has 0 bridgehead atoms. The number of nitrogen functional groups attached to an aromatic ring is 1. The second-order valence-corrected chi connectivity index (χ2v) is 6.61. The van der Waals surface area contributed by atoms with E-state index in [0.29, 0.717) is 17.4 Å². The molecule has 0 atom stereocenters. The summed E-state index contributed by atoms with van der Waals surface area (Å²) in [6, 6.07) is 0.334. The molecule has 2 rings (SSSR count). The van der Waals surface area contributed by atoms with Crippen LogP contribution in [0.3, 0.4) is 0 Å². The molecule has 1 heterocycles. The Labute approximate surface area is 124 Å². The van der Waals surface area contributed by atoms with Crippen LogP contribution in [0.15, 0.2) is 0 Å². The first kappa shape index (κ1) is 15.1. The van der Waals surface area contributed by atoms with Gasteiger partial charge in [-0.05, 0) is 36.7 Å². The third-order valence-electron chi connectivity index (χ3n) is 3.35. The van der Waals surface area contributed by atoms with Crippen molar-refractivity contribution < 1.29 is 4.79 Å². The highest BCUT2D eigenvalue weighted by molar-refractivity contribution is 7.11. The van der Waals surface area contributed by atoms with Crippen LogP contribution in [0.25, 0.3) is 0 Å². The van der Waals surface area contributed by atoms with E-state index in [1.54, 1.807) is 0 Å². The number of nitrogens with zero attached hydrogens (tertiary/aromatic N) is 1. The highest BCUT2D eigenvalue weighted by atomic mass is 32.1. The van der Waals surface area contributed by atoms with Crippen LogP contribution in [0.5, 0.6) is 0 Å². The smallest absolute Gasteiger partial charge is 0.258 e. The summed E-state index contributed by atoms with van der Waals surface area (Å²) in [5.41, 5.74) is 6.33. The minimum atomic E-state index is -0.0940. The molecular formula is C14H24N4OS. The second kappa shape index (κ2) is 6.92. The lowest BCUT2D eigenvalue weighted by atomic mass is 10.1. The number of carbonyl (C=O) groups is 1.